The highest BCUT2D eigenvalue weighted by molar-refractivity contribution is 9.09. The quantitative estimate of drug-likeness (QED) is 0.759. The van der Waals surface area contributed by atoms with E-state index >= 15 is 0 Å². The summed E-state index contributed by atoms with van der Waals surface area (Å²) in [7, 11) is 0. The second-order valence-corrected chi connectivity index (χ2v) is 5.25. The summed E-state index contributed by atoms with van der Waals surface area (Å²) in [5.74, 6) is 0.562. The van der Waals surface area contributed by atoms with E-state index in [1.807, 2.05) is 12.1 Å². The number of fused-ring (bicyclic) bond motifs is 1. The molecule has 80 valence electrons. The molecule has 2 rings (SSSR count). The Morgan fingerprint density at radius 1 is 1.47 bits per heavy atom. The van der Waals surface area contributed by atoms with Gasteiger partial charge < -0.3 is 4.42 Å². The first-order chi connectivity index (χ1) is 7.16. The van der Waals surface area contributed by atoms with E-state index < -0.39 is 0 Å². The van der Waals surface area contributed by atoms with Crippen LogP contribution in [0.4, 0.5) is 4.39 Å². The molecule has 3 heteroatoms. The van der Waals surface area contributed by atoms with Crippen LogP contribution in [-0.2, 0) is 6.42 Å². The Kier molecular flexibility index (Phi) is 3.10. The third kappa shape index (κ3) is 2.40. The van der Waals surface area contributed by atoms with E-state index in [1.54, 1.807) is 6.07 Å². The van der Waals surface area contributed by atoms with Crippen LogP contribution < -0.4 is 0 Å². The Bertz CT molecular complexity index is 462. The van der Waals surface area contributed by atoms with Gasteiger partial charge in [0.25, 0.3) is 0 Å². The minimum Gasteiger partial charge on any atom is -0.458 e. The van der Waals surface area contributed by atoms with Crippen molar-refractivity contribution in [2.45, 2.75) is 24.6 Å². The van der Waals surface area contributed by atoms with E-state index in [9.17, 15) is 4.39 Å². The van der Waals surface area contributed by atoms with Crippen LogP contribution in [-0.4, -0.2) is 4.83 Å². The van der Waals surface area contributed by atoms with Gasteiger partial charge in [0.15, 0.2) is 11.4 Å². The normalized spacial score (nSPS) is 13.3. The van der Waals surface area contributed by atoms with Crippen molar-refractivity contribution in [1.29, 1.82) is 0 Å². The van der Waals surface area contributed by atoms with Gasteiger partial charge in [-0.3, -0.25) is 0 Å². The van der Waals surface area contributed by atoms with Crippen LogP contribution in [0, 0.1) is 5.82 Å². The lowest BCUT2D eigenvalue weighted by atomic mass is 10.2. The van der Waals surface area contributed by atoms with E-state index in [2.05, 4.69) is 22.9 Å². The molecule has 0 fully saturated rings. The Hall–Kier alpha value is -0.830. The van der Waals surface area contributed by atoms with E-state index in [4.69, 9.17) is 4.42 Å². The molecule has 1 aromatic carbocycles. The minimum atomic E-state index is -0.286. The van der Waals surface area contributed by atoms with E-state index in [-0.39, 0.29) is 5.82 Å². The molecule has 15 heavy (non-hydrogen) atoms. The number of alkyl halides is 1. The van der Waals surface area contributed by atoms with Gasteiger partial charge in [-0.2, -0.15) is 0 Å². The summed E-state index contributed by atoms with van der Waals surface area (Å²) in [4.78, 5) is 0.454. The van der Waals surface area contributed by atoms with Crippen molar-refractivity contribution in [3.8, 4) is 0 Å². The van der Waals surface area contributed by atoms with E-state index in [1.165, 1.54) is 6.07 Å². The molecule has 1 nitrogen and oxygen atoms in total. The molecule has 0 saturated carbocycles. The van der Waals surface area contributed by atoms with Gasteiger partial charge in [0.1, 0.15) is 5.76 Å². The molecule has 0 radical (unpaired) electrons. The van der Waals surface area contributed by atoms with Gasteiger partial charge >= 0.3 is 0 Å². The summed E-state index contributed by atoms with van der Waals surface area (Å²) in [6, 6.07) is 6.89. The van der Waals surface area contributed by atoms with Gasteiger partial charge in [0, 0.05) is 16.6 Å². The van der Waals surface area contributed by atoms with Gasteiger partial charge in [-0.05, 0) is 18.6 Å². The maximum absolute atomic E-state index is 13.3. The minimum absolute atomic E-state index is 0.286. The van der Waals surface area contributed by atoms with Crippen molar-refractivity contribution in [1.82, 2.24) is 0 Å². The molecular weight excluding hydrogens is 259 g/mol. The molecule has 0 bridgehead atoms. The zero-order valence-corrected chi connectivity index (χ0v) is 10.1. The van der Waals surface area contributed by atoms with Crippen LogP contribution in [0.3, 0.4) is 0 Å². The fourth-order valence-electron chi connectivity index (χ4n) is 1.55. The topological polar surface area (TPSA) is 13.1 Å². The highest BCUT2D eigenvalue weighted by Crippen LogP contribution is 2.23. The van der Waals surface area contributed by atoms with Crippen molar-refractivity contribution in [3.63, 3.8) is 0 Å². The number of aryl methyl sites for hydroxylation is 1. The highest BCUT2D eigenvalue weighted by atomic mass is 79.9. The number of hydrogen-bond acceptors (Lipinski definition) is 1. The Morgan fingerprint density at radius 3 is 2.93 bits per heavy atom. The molecule has 2 aromatic rings. The van der Waals surface area contributed by atoms with Crippen LogP contribution in [0.2, 0.25) is 0 Å². The summed E-state index contributed by atoms with van der Waals surface area (Å²) < 4.78 is 18.7. The standard InChI is InChI=1S/C12H12BrFO/c1-8(13)5-6-10-7-9-3-2-4-11(14)12(9)15-10/h2-4,7-8H,5-6H2,1H3. The van der Waals surface area contributed by atoms with Crippen LogP contribution in [0.25, 0.3) is 11.0 Å². The molecule has 1 aromatic heterocycles. The molecule has 1 unspecified atom stereocenters. The van der Waals surface area contributed by atoms with Gasteiger partial charge in [0.2, 0.25) is 0 Å². The number of hydrogen-bond donors (Lipinski definition) is 0. The van der Waals surface area contributed by atoms with Crippen molar-refractivity contribution >= 4 is 26.9 Å². The molecule has 1 heterocycles. The van der Waals surface area contributed by atoms with Crippen LogP contribution in [0.5, 0.6) is 0 Å². The molecule has 0 spiro atoms. The predicted molar refractivity (Wildman–Crippen MR) is 62.9 cm³/mol. The van der Waals surface area contributed by atoms with Gasteiger partial charge in [-0.25, -0.2) is 4.39 Å². The van der Waals surface area contributed by atoms with Gasteiger partial charge in [0.05, 0.1) is 0 Å². The molecule has 0 saturated heterocycles. The molecule has 0 amide bonds. The average molecular weight is 271 g/mol. The Labute approximate surface area is 96.4 Å². The lowest BCUT2D eigenvalue weighted by molar-refractivity contribution is 0.513. The number of furan rings is 1. The van der Waals surface area contributed by atoms with Gasteiger partial charge in [-0.1, -0.05) is 35.0 Å². The second kappa shape index (κ2) is 4.35. The Morgan fingerprint density at radius 2 is 2.27 bits per heavy atom. The number of rotatable bonds is 3. The molecule has 0 aliphatic heterocycles. The molecule has 0 aliphatic rings. The maximum atomic E-state index is 13.3. The first kappa shape index (κ1) is 10.7. The molecule has 1 atom stereocenters. The third-order valence-corrected chi connectivity index (χ3v) is 2.79. The first-order valence-electron chi connectivity index (χ1n) is 4.98. The predicted octanol–water partition coefficient (Wildman–Crippen LogP) is 4.29. The van der Waals surface area contributed by atoms with Crippen molar-refractivity contribution in [2.75, 3.05) is 0 Å². The van der Waals surface area contributed by atoms with E-state index in [0.29, 0.717) is 10.4 Å². The number of halogens is 2. The zero-order valence-electron chi connectivity index (χ0n) is 8.47. The van der Waals surface area contributed by atoms with Crippen LogP contribution in [0.1, 0.15) is 19.1 Å². The fourth-order valence-corrected chi connectivity index (χ4v) is 1.77. The smallest absolute Gasteiger partial charge is 0.169 e. The summed E-state index contributed by atoms with van der Waals surface area (Å²) in [6.07, 6.45) is 1.82. The summed E-state index contributed by atoms with van der Waals surface area (Å²) in [5, 5.41) is 0.840. The van der Waals surface area contributed by atoms with E-state index in [0.717, 1.165) is 24.0 Å². The Balaban J connectivity index is 2.27. The van der Waals surface area contributed by atoms with Crippen LogP contribution >= 0.6 is 15.9 Å². The SMILES string of the molecule is CC(Br)CCc1cc2cccc(F)c2o1. The molecular formula is C12H12BrFO. The first-order valence-corrected chi connectivity index (χ1v) is 5.89. The van der Waals surface area contributed by atoms with Crippen molar-refractivity contribution in [2.24, 2.45) is 0 Å². The van der Waals surface area contributed by atoms with Crippen molar-refractivity contribution in [3.05, 3.63) is 35.8 Å². The summed E-state index contributed by atoms with van der Waals surface area (Å²) in [5.41, 5.74) is 0.370. The largest absolute Gasteiger partial charge is 0.458 e. The lowest BCUT2D eigenvalue weighted by Crippen LogP contribution is -1.92. The highest BCUT2D eigenvalue weighted by Gasteiger charge is 2.08. The third-order valence-electron chi connectivity index (χ3n) is 2.34. The molecule has 0 aliphatic carbocycles. The lowest BCUT2D eigenvalue weighted by Gasteiger charge is -1.98. The monoisotopic (exact) mass is 270 g/mol. The summed E-state index contributed by atoms with van der Waals surface area (Å²) >= 11 is 3.47. The second-order valence-electron chi connectivity index (χ2n) is 3.69. The zero-order chi connectivity index (χ0) is 10.8. The average Bonchev–Trinajstić information content (AvgIpc) is 2.59. The maximum Gasteiger partial charge on any atom is 0.169 e. The van der Waals surface area contributed by atoms with Crippen LogP contribution in [0.15, 0.2) is 28.7 Å². The van der Waals surface area contributed by atoms with Crippen molar-refractivity contribution < 1.29 is 8.81 Å². The number of benzene rings is 1. The van der Waals surface area contributed by atoms with Gasteiger partial charge in [-0.15, -0.1) is 0 Å². The number of para-hydroxylation sites is 1. The fraction of sp³-hybridized carbons (Fsp3) is 0.333. The molecule has 0 N–H and O–H groups in total. The summed E-state index contributed by atoms with van der Waals surface area (Å²) in [6.45, 7) is 2.09.